The highest BCUT2D eigenvalue weighted by atomic mass is 79.9. The number of nitrogens with one attached hydrogen (secondary N) is 1. The molecule has 94 valence electrons. The first-order valence-electron chi connectivity index (χ1n) is 6.00. The molecule has 0 spiro atoms. The minimum absolute atomic E-state index is 0.0933. The molecule has 0 aromatic heterocycles. The Labute approximate surface area is 112 Å². The monoisotopic (exact) mass is 297 g/mol. The molecule has 3 atom stereocenters. The molecule has 3 heteroatoms. The normalized spacial score (nSPS) is 16.0. The molecule has 3 unspecified atom stereocenters. The summed E-state index contributed by atoms with van der Waals surface area (Å²) in [6.07, 6.45) is 0.938. The quantitative estimate of drug-likeness (QED) is 0.829. The van der Waals surface area contributed by atoms with Crippen LogP contribution in [0.3, 0.4) is 0 Å². The number of alkyl halides is 1. The molecule has 0 aliphatic heterocycles. The molecule has 0 saturated heterocycles. The third kappa shape index (κ3) is 4.90. The largest absolute Gasteiger partial charge is 0.353 e. The fourth-order valence-corrected chi connectivity index (χ4v) is 2.37. The Balaban J connectivity index is 2.53. The lowest BCUT2D eigenvalue weighted by Crippen LogP contribution is -2.36. The molecular weight excluding hydrogens is 278 g/mol. The standard InChI is InChI=1S/C14H20BrNO/c1-10(15)9-11(2)16-14(17)12(3)13-7-5-4-6-8-13/h4-8,10-12H,9H2,1-3H3,(H,16,17). The molecule has 1 aromatic rings. The van der Waals surface area contributed by atoms with Crippen LogP contribution in [0.4, 0.5) is 0 Å². The number of amides is 1. The summed E-state index contributed by atoms with van der Waals surface area (Å²) in [5, 5.41) is 3.04. The predicted octanol–water partition coefficient (Wildman–Crippen LogP) is 3.47. The van der Waals surface area contributed by atoms with Gasteiger partial charge in [-0.25, -0.2) is 0 Å². The van der Waals surface area contributed by atoms with E-state index in [1.807, 2.05) is 44.2 Å². The summed E-state index contributed by atoms with van der Waals surface area (Å²) in [4.78, 5) is 12.4. The van der Waals surface area contributed by atoms with Gasteiger partial charge in [0.15, 0.2) is 0 Å². The van der Waals surface area contributed by atoms with Gasteiger partial charge in [-0.05, 0) is 25.8 Å². The third-order valence-electron chi connectivity index (χ3n) is 2.76. The second-order valence-corrected chi connectivity index (χ2v) is 6.12. The summed E-state index contributed by atoms with van der Waals surface area (Å²) >= 11 is 3.50. The van der Waals surface area contributed by atoms with Gasteiger partial charge in [0, 0.05) is 10.9 Å². The molecular formula is C14H20BrNO. The van der Waals surface area contributed by atoms with Gasteiger partial charge in [0.2, 0.25) is 5.91 Å². The highest BCUT2D eigenvalue weighted by molar-refractivity contribution is 9.09. The van der Waals surface area contributed by atoms with Crippen molar-refractivity contribution in [3.8, 4) is 0 Å². The van der Waals surface area contributed by atoms with Crippen LogP contribution in [-0.4, -0.2) is 16.8 Å². The second kappa shape index (κ2) is 6.80. The average Bonchev–Trinajstić information content (AvgIpc) is 2.28. The molecule has 0 saturated carbocycles. The third-order valence-corrected chi connectivity index (χ3v) is 3.13. The van der Waals surface area contributed by atoms with Crippen molar-refractivity contribution in [3.63, 3.8) is 0 Å². The van der Waals surface area contributed by atoms with Gasteiger partial charge in [-0.2, -0.15) is 0 Å². The molecule has 0 aliphatic carbocycles. The smallest absolute Gasteiger partial charge is 0.227 e. The highest BCUT2D eigenvalue weighted by Gasteiger charge is 2.17. The van der Waals surface area contributed by atoms with E-state index >= 15 is 0 Å². The zero-order chi connectivity index (χ0) is 12.8. The minimum atomic E-state index is -0.0933. The van der Waals surface area contributed by atoms with Crippen LogP contribution in [0.5, 0.6) is 0 Å². The second-order valence-electron chi connectivity index (χ2n) is 4.56. The fraction of sp³-hybridized carbons (Fsp3) is 0.500. The molecule has 1 amide bonds. The maximum absolute atomic E-state index is 12.0. The van der Waals surface area contributed by atoms with Crippen LogP contribution in [0.15, 0.2) is 30.3 Å². The Morgan fingerprint density at radius 3 is 2.35 bits per heavy atom. The lowest BCUT2D eigenvalue weighted by Gasteiger charge is -2.18. The maximum atomic E-state index is 12.0. The van der Waals surface area contributed by atoms with Crippen LogP contribution in [0.2, 0.25) is 0 Å². The van der Waals surface area contributed by atoms with Crippen LogP contribution in [-0.2, 0) is 4.79 Å². The number of hydrogen-bond donors (Lipinski definition) is 1. The molecule has 17 heavy (non-hydrogen) atoms. The van der Waals surface area contributed by atoms with E-state index in [0.717, 1.165) is 12.0 Å². The van der Waals surface area contributed by atoms with E-state index < -0.39 is 0 Å². The van der Waals surface area contributed by atoms with E-state index in [2.05, 4.69) is 28.2 Å². The SMILES string of the molecule is CC(Br)CC(C)NC(=O)C(C)c1ccccc1. The molecule has 2 nitrogen and oxygen atoms in total. The molecule has 0 aliphatic rings. The number of carbonyl (C=O) groups excluding carboxylic acids is 1. The van der Waals surface area contributed by atoms with E-state index in [9.17, 15) is 4.79 Å². The molecule has 0 heterocycles. The van der Waals surface area contributed by atoms with Gasteiger partial charge >= 0.3 is 0 Å². The van der Waals surface area contributed by atoms with Crippen molar-refractivity contribution in [2.75, 3.05) is 0 Å². The number of benzene rings is 1. The number of hydrogen-bond acceptors (Lipinski definition) is 1. The molecule has 1 N–H and O–H groups in total. The summed E-state index contributed by atoms with van der Waals surface area (Å²) < 4.78 is 0. The zero-order valence-corrected chi connectivity index (χ0v) is 12.2. The fourth-order valence-electron chi connectivity index (χ4n) is 1.81. The first-order chi connectivity index (χ1) is 8.00. The van der Waals surface area contributed by atoms with Crippen LogP contribution in [0.1, 0.15) is 38.7 Å². The van der Waals surface area contributed by atoms with Crippen LogP contribution in [0, 0.1) is 0 Å². The Morgan fingerprint density at radius 1 is 1.24 bits per heavy atom. The van der Waals surface area contributed by atoms with Gasteiger partial charge in [-0.3, -0.25) is 4.79 Å². The van der Waals surface area contributed by atoms with Crippen molar-refractivity contribution in [3.05, 3.63) is 35.9 Å². The Morgan fingerprint density at radius 2 is 1.82 bits per heavy atom. The summed E-state index contributed by atoms with van der Waals surface area (Å²) in [5.41, 5.74) is 1.06. The topological polar surface area (TPSA) is 29.1 Å². The Hall–Kier alpha value is -0.830. The highest BCUT2D eigenvalue weighted by Crippen LogP contribution is 2.15. The zero-order valence-electron chi connectivity index (χ0n) is 10.6. The van der Waals surface area contributed by atoms with Gasteiger partial charge in [0.1, 0.15) is 0 Å². The lowest BCUT2D eigenvalue weighted by molar-refractivity contribution is -0.122. The molecule has 1 aromatic carbocycles. The lowest BCUT2D eigenvalue weighted by atomic mass is 10.00. The predicted molar refractivity (Wildman–Crippen MR) is 75.5 cm³/mol. The van der Waals surface area contributed by atoms with Gasteiger partial charge in [-0.1, -0.05) is 53.2 Å². The minimum Gasteiger partial charge on any atom is -0.353 e. The molecule has 0 fully saturated rings. The Kier molecular flexibility index (Phi) is 5.69. The number of halogens is 1. The number of carbonyl (C=O) groups is 1. The van der Waals surface area contributed by atoms with Crippen molar-refractivity contribution in [2.45, 2.75) is 44.0 Å². The summed E-state index contributed by atoms with van der Waals surface area (Å²) in [6, 6.07) is 10.1. The van der Waals surface area contributed by atoms with Crippen molar-refractivity contribution < 1.29 is 4.79 Å². The van der Waals surface area contributed by atoms with Crippen LogP contribution < -0.4 is 5.32 Å². The van der Waals surface area contributed by atoms with E-state index in [1.165, 1.54) is 0 Å². The summed E-state index contributed by atoms with van der Waals surface area (Å²) in [5.74, 6) is 0.00105. The van der Waals surface area contributed by atoms with Gasteiger partial charge < -0.3 is 5.32 Å². The summed E-state index contributed by atoms with van der Waals surface area (Å²) in [6.45, 7) is 6.06. The van der Waals surface area contributed by atoms with E-state index in [4.69, 9.17) is 0 Å². The van der Waals surface area contributed by atoms with Crippen LogP contribution in [0.25, 0.3) is 0 Å². The first-order valence-corrected chi connectivity index (χ1v) is 6.91. The summed E-state index contributed by atoms with van der Waals surface area (Å²) in [7, 11) is 0. The van der Waals surface area contributed by atoms with Gasteiger partial charge in [0.25, 0.3) is 0 Å². The van der Waals surface area contributed by atoms with Crippen molar-refractivity contribution >= 4 is 21.8 Å². The van der Waals surface area contributed by atoms with Crippen molar-refractivity contribution in [1.29, 1.82) is 0 Å². The number of rotatable bonds is 5. The Bertz CT molecular complexity index is 350. The van der Waals surface area contributed by atoms with E-state index in [1.54, 1.807) is 0 Å². The van der Waals surface area contributed by atoms with Crippen molar-refractivity contribution in [1.82, 2.24) is 5.32 Å². The molecule has 0 radical (unpaired) electrons. The van der Waals surface area contributed by atoms with Gasteiger partial charge in [-0.15, -0.1) is 0 Å². The average molecular weight is 298 g/mol. The van der Waals surface area contributed by atoms with Crippen LogP contribution >= 0.6 is 15.9 Å². The van der Waals surface area contributed by atoms with E-state index in [-0.39, 0.29) is 17.9 Å². The first kappa shape index (κ1) is 14.2. The molecule has 1 rings (SSSR count). The van der Waals surface area contributed by atoms with Gasteiger partial charge in [0.05, 0.1) is 5.92 Å². The maximum Gasteiger partial charge on any atom is 0.227 e. The van der Waals surface area contributed by atoms with Crippen molar-refractivity contribution in [2.24, 2.45) is 0 Å². The molecule has 0 bridgehead atoms. The van der Waals surface area contributed by atoms with E-state index in [0.29, 0.717) is 4.83 Å².